The Morgan fingerprint density at radius 2 is 1.97 bits per heavy atom. The molecule has 1 amide bonds. The number of aryl methyl sites for hydroxylation is 1. The first-order valence-corrected chi connectivity index (χ1v) is 13.9. The van der Waals surface area contributed by atoms with Crippen LogP contribution in [0.4, 0.5) is 0 Å². The van der Waals surface area contributed by atoms with Gasteiger partial charge in [-0.2, -0.15) is 9.98 Å². The summed E-state index contributed by atoms with van der Waals surface area (Å²) in [5.41, 5.74) is 1.21. The number of benzene rings is 1. The Bertz CT molecular complexity index is 1350. The van der Waals surface area contributed by atoms with Crippen molar-refractivity contribution in [2.75, 3.05) is 13.1 Å². The normalized spacial score (nSPS) is 21.4. The van der Waals surface area contributed by atoms with Gasteiger partial charge in [0, 0.05) is 42.9 Å². The zero-order valence-corrected chi connectivity index (χ0v) is 20.5. The summed E-state index contributed by atoms with van der Waals surface area (Å²) >= 11 is 0. The van der Waals surface area contributed by atoms with Crippen LogP contribution in [0.1, 0.15) is 44.2 Å². The lowest BCUT2D eigenvalue weighted by Crippen LogP contribution is -2.53. The van der Waals surface area contributed by atoms with Crippen LogP contribution in [0.5, 0.6) is 0 Å². The molecule has 0 bridgehead atoms. The molecule has 2 N–H and O–H groups in total. The highest BCUT2D eigenvalue weighted by Gasteiger charge is 2.36. The number of likely N-dealkylation sites (tertiary alicyclic amines) is 1. The molecule has 1 aromatic carbocycles. The maximum absolute atomic E-state index is 13.7. The van der Waals surface area contributed by atoms with Gasteiger partial charge in [-0.05, 0) is 61.4 Å². The third-order valence-corrected chi connectivity index (χ3v) is 9.18. The van der Waals surface area contributed by atoms with Gasteiger partial charge >= 0.3 is 0 Å². The molecule has 3 atom stereocenters. The van der Waals surface area contributed by atoms with E-state index in [0.29, 0.717) is 42.6 Å². The van der Waals surface area contributed by atoms with Gasteiger partial charge in [0.05, 0.1) is 4.90 Å². The molecule has 3 aromatic rings. The average Bonchev–Trinajstić information content (AvgIpc) is 3.54. The third kappa shape index (κ3) is 4.86. The summed E-state index contributed by atoms with van der Waals surface area (Å²) in [6.07, 6.45) is 9.55. The smallest absolute Gasteiger partial charge is 0.241 e. The number of fused-ring (bicyclic) bond motifs is 2. The Morgan fingerprint density at radius 3 is 2.80 bits per heavy atom. The van der Waals surface area contributed by atoms with Crippen LogP contribution in [-0.2, 0) is 21.4 Å². The standard InChI is InChI=1S/C26H31N5O3S/c27-17-21-7-4-14-30(21)16-12-24(26(32)31-15-11-19-5-1-2-6-20(19)18-31)29-35(33,34)25-9-3-8-23-22(25)10-13-28-23/h3-4,7-10,13-14,19-20,24,28-29H,1-2,5-6,11-12,15-16,18H2/t19-,20-,24?/m1/s1. The van der Waals surface area contributed by atoms with Crippen molar-refractivity contribution in [3.05, 3.63) is 54.5 Å². The number of H-pyrrole nitrogens is 1. The van der Waals surface area contributed by atoms with Crippen molar-refractivity contribution in [1.29, 1.82) is 5.26 Å². The molecular formula is C26H31N5O3S. The molecule has 184 valence electrons. The summed E-state index contributed by atoms with van der Waals surface area (Å²) in [7, 11) is -3.96. The summed E-state index contributed by atoms with van der Waals surface area (Å²) in [6, 6.07) is 11.5. The molecule has 8 nitrogen and oxygen atoms in total. The van der Waals surface area contributed by atoms with Crippen molar-refractivity contribution in [3.63, 3.8) is 0 Å². The monoisotopic (exact) mass is 493 g/mol. The third-order valence-electron chi connectivity index (χ3n) is 7.65. The molecule has 3 heterocycles. The Kier molecular flexibility index (Phi) is 6.67. The number of carbonyl (C=O) groups is 1. The van der Waals surface area contributed by atoms with Crippen LogP contribution >= 0.6 is 0 Å². The molecule has 1 saturated carbocycles. The number of piperidine rings is 1. The highest BCUT2D eigenvalue weighted by Crippen LogP contribution is 2.36. The van der Waals surface area contributed by atoms with Gasteiger partial charge in [-0.3, -0.25) is 4.79 Å². The minimum atomic E-state index is -3.96. The Hall–Kier alpha value is -3.09. The molecular weight excluding hydrogens is 462 g/mol. The second kappa shape index (κ2) is 9.88. The number of aromatic nitrogens is 2. The molecule has 0 radical (unpaired) electrons. The fourth-order valence-electron chi connectivity index (χ4n) is 5.77. The van der Waals surface area contributed by atoms with Gasteiger partial charge in [0.15, 0.2) is 0 Å². The topological polar surface area (TPSA) is 111 Å². The first kappa shape index (κ1) is 23.6. The van der Waals surface area contributed by atoms with E-state index in [9.17, 15) is 18.5 Å². The van der Waals surface area contributed by atoms with Gasteiger partial charge < -0.3 is 14.5 Å². The molecule has 1 unspecified atom stereocenters. The van der Waals surface area contributed by atoms with Gasteiger partial charge in [0.2, 0.25) is 15.9 Å². The quantitative estimate of drug-likeness (QED) is 0.524. The SMILES string of the molecule is N#Cc1cccn1CCC(NS(=O)(=O)c1cccc2[nH]ccc12)C(=O)N1CC[C@H]2CCCC[C@@H]2C1. The van der Waals surface area contributed by atoms with E-state index in [1.807, 2.05) is 11.0 Å². The van der Waals surface area contributed by atoms with Gasteiger partial charge in [-0.25, -0.2) is 8.42 Å². The molecule has 2 aromatic heterocycles. The lowest BCUT2D eigenvalue weighted by molar-refractivity contribution is -0.136. The number of nitrogens with one attached hydrogen (secondary N) is 2. The maximum Gasteiger partial charge on any atom is 0.241 e. The number of amides is 1. The molecule has 35 heavy (non-hydrogen) atoms. The number of rotatable bonds is 7. The van der Waals surface area contributed by atoms with Gasteiger partial charge in [0.25, 0.3) is 0 Å². The van der Waals surface area contributed by atoms with Crippen LogP contribution in [-0.4, -0.2) is 47.9 Å². The summed E-state index contributed by atoms with van der Waals surface area (Å²) < 4.78 is 31.5. The molecule has 1 saturated heterocycles. The van der Waals surface area contributed by atoms with E-state index in [0.717, 1.165) is 18.4 Å². The Morgan fingerprint density at radius 1 is 1.14 bits per heavy atom. The highest BCUT2D eigenvalue weighted by molar-refractivity contribution is 7.89. The van der Waals surface area contributed by atoms with Crippen LogP contribution in [0.15, 0.2) is 53.7 Å². The van der Waals surface area contributed by atoms with Gasteiger partial charge in [-0.1, -0.05) is 25.3 Å². The molecule has 5 rings (SSSR count). The van der Waals surface area contributed by atoms with Crippen molar-refractivity contribution in [3.8, 4) is 6.07 Å². The molecule has 2 aliphatic rings. The number of nitriles is 1. The van der Waals surface area contributed by atoms with Crippen molar-refractivity contribution >= 4 is 26.8 Å². The van der Waals surface area contributed by atoms with Crippen molar-refractivity contribution < 1.29 is 13.2 Å². The van der Waals surface area contributed by atoms with Crippen molar-refractivity contribution in [1.82, 2.24) is 19.2 Å². The Labute approximate surface area is 206 Å². The number of carbonyl (C=O) groups excluding carboxylic acids is 1. The lowest BCUT2D eigenvalue weighted by Gasteiger charge is -2.42. The number of sulfonamides is 1. The van der Waals surface area contributed by atoms with Crippen molar-refractivity contribution in [2.24, 2.45) is 11.8 Å². The van der Waals surface area contributed by atoms with Gasteiger partial charge in [-0.15, -0.1) is 0 Å². The van der Waals surface area contributed by atoms with Crippen LogP contribution < -0.4 is 4.72 Å². The fourth-order valence-corrected chi connectivity index (χ4v) is 7.22. The van der Waals surface area contributed by atoms with Crippen molar-refractivity contribution in [2.45, 2.75) is 56.0 Å². The van der Waals surface area contributed by atoms with Crippen LogP contribution in [0.3, 0.4) is 0 Å². The summed E-state index contributed by atoms with van der Waals surface area (Å²) in [4.78, 5) is 18.8. The van der Waals surface area contributed by atoms with Crippen LogP contribution in [0.2, 0.25) is 0 Å². The van der Waals surface area contributed by atoms with Crippen LogP contribution in [0, 0.1) is 23.2 Å². The highest BCUT2D eigenvalue weighted by atomic mass is 32.2. The lowest BCUT2D eigenvalue weighted by atomic mass is 9.75. The molecule has 1 aliphatic carbocycles. The van der Waals surface area contributed by atoms with Gasteiger partial charge in [0.1, 0.15) is 17.8 Å². The fraction of sp³-hybridized carbons (Fsp3) is 0.462. The predicted molar refractivity (Wildman–Crippen MR) is 133 cm³/mol. The minimum absolute atomic E-state index is 0.152. The minimum Gasteiger partial charge on any atom is -0.361 e. The van der Waals surface area contributed by atoms with E-state index in [1.165, 1.54) is 19.3 Å². The van der Waals surface area contributed by atoms with E-state index >= 15 is 0 Å². The summed E-state index contributed by atoms with van der Waals surface area (Å²) in [5.74, 6) is 0.999. The average molecular weight is 494 g/mol. The maximum atomic E-state index is 13.7. The van der Waals surface area contributed by atoms with E-state index in [-0.39, 0.29) is 17.2 Å². The molecule has 0 spiro atoms. The first-order valence-electron chi connectivity index (χ1n) is 12.4. The second-order valence-corrected chi connectivity index (χ2v) is 11.4. The largest absolute Gasteiger partial charge is 0.361 e. The zero-order valence-electron chi connectivity index (χ0n) is 19.7. The first-order chi connectivity index (χ1) is 17.0. The van der Waals surface area contributed by atoms with Crippen LogP contribution in [0.25, 0.3) is 10.9 Å². The van der Waals surface area contributed by atoms with E-state index in [1.54, 1.807) is 47.3 Å². The number of aromatic amines is 1. The molecule has 1 aliphatic heterocycles. The number of hydrogen-bond acceptors (Lipinski definition) is 4. The summed E-state index contributed by atoms with van der Waals surface area (Å²) in [5, 5.41) is 9.94. The predicted octanol–water partition coefficient (Wildman–Crippen LogP) is 3.62. The van der Waals surface area contributed by atoms with E-state index in [2.05, 4.69) is 15.8 Å². The second-order valence-electron chi connectivity index (χ2n) is 9.73. The molecule has 9 heteroatoms. The number of nitrogens with zero attached hydrogens (tertiary/aromatic N) is 3. The van der Waals surface area contributed by atoms with E-state index < -0.39 is 16.1 Å². The molecule has 2 fully saturated rings. The Balaban J connectivity index is 1.40. The number of hydrogen-bond donors (Lipinski definition) is 2. The summed E-state index contributed by atoms with van der Waals surface area (Å²) in [6.45, 7) is 1.73. The zero-order chi connectivity index (χ0) is 24.4. The van der Waals surface area contributed by atoms with E-state index in [4.69, 9.17) is 0 Å².